The Bertz CT molecular complexity index is 1270. The first-order valence-electron chi connectivity index (χ1n) is 9.61. The van der Waals surface area contributed by atoms with Crippen LogP contribution in [-0.4, -0.2) is 27.5 Å². The molecule has 31 heavy (non-hydrogen) atoms. The molecule has 2 aromatic carbocycles. The van der Waals surface area contributed by atoms with Gasteiger partial charge in [-0.1, -0.05) is 48.0 Å². The molecule has 0 bridgehead atoms. The predicted molar refractivity (Wildman–Crippen MR) is 116 cm³/mol. The zero-order valence-corrected chi connectivity index (χ0v) is 17.5. The lowest BCUT2D eigenvalue weighted by Crippen LogP contribution is -2.43. The molecule has 1 aromatic heterocycles. The van der Waals surface area contributed by atoms with Crippen LogP contribution in [-0.2, 0) is 18.3 Å². The highest BCUT2D eigenvalue weighted by Crippen LogP contribution is 2.13. The number of nitrogen functional groups attached to an aromatic ring is 1. The summed E-state index contributed by atoms with van der Waals surface area (Å²) in [5, 5.41) is 0. The molecule has 8 nitrogen and oxygen atoms in total. The van der Waals surface area contributed by atoms with Crippen molar-refractivity contribution in [3.8, 4) is 0 Å². The van der Waals surface area contributed by atoms with E-state index in [0.29, 0.717) is 11.1 Å². The smallest absolute Gasteiger partial charge is 0.338 e. The number of aryl methyl sites for hydroxylation is 2. The number of aromatic nitrogens is 2. The second kappa shape index (κ2) is 8.83. The number of rotatable bonds is 6. The van der Waals surface area contributed by atoms with Crippen LogP contribution in [0.25, 0.3) is 0 Å². The summed E-state index contributed by atoms with van der Waals surface area (Å²) in [7, 11) is 1.27. The zero-order chi connectivity index (χ0) is 22.7. The molecule has 160 valence electrons. The van der Waals surface area contributed by atoms with E-state index < -0.39 is 29.6 Å². The third-order valence-electron chi connectivity index (χ3n) is 4.98. The van der Waals surface area contributed by atoms with Gasteiger partial charge in [0.2, 0.25) is 5.78 Å². The second-order valence-electron chi connectivity index (χ2n) is 7.30. The SMILES string of the molecule is Cc1ccc(C(=O)OCC(=O)c2c(N)n(Cc3ccccc3)c(=O)n(C)c2=O)c(C)c1. The molecule has 0 aliphatic carbocycles. The van der Waals surface area contributed by atoms with Gasteiger partial charge in [0.25, 0.3) is 5.56 Å². The third kappa shape index (κ3) is 4.48. The van der Waals surface area contributed by atoms with Crippen molar-refractivity contribution in [2.24, 2.45) is 7.05 Å². The molecule has 2 N–H and O–H groups in total. The number of benzene rings is 2. The second-order valence-corrected chi connectivity index (χ2v) is 7.30. The summed E-state index contributed by atoms with van der Waals surface area (Å²) < 4.78 is 7.09. The minimum Gasteiger partial charge on any atom is -0.454 e. The Labute approximate surface area is 178 Å². The van der Waals surface area contributed by atoms with Gasteiger partial charge >= 0.3 is 11.7 Å². The molecular formula is C23H23N3O5. The summed E-state index contributed by atoms with van der Waals surface area (Å²) >= 11 is 0. The largest absolute Gasteiger partial charge is 0.454 e. The fourth-order valence-electron chi connectivity index (χ4n) is 3.29. The van der Waals surface area contributed by atoms with E-state index in [4.69, 9.17) is 10.5 Å². The number of anilines is 1. The lowest BCUT2D eigenvalue weighted by molar-refractivity contribution is 0.0473. The molecule has 3 aromatic rings. The Morgan fingerprint density at radius 1 is 1.03 bits per heavy atom. The van der Waals surface area contributed by atoms with Crippen LogP contribution in [0.2, 0.25) is 0 Å². The maximum atomic E-state index is 12.7. The Kier molecular flexibility index (Phi) is 6.20. The summed E-state index contributed by atoms with van der Waals surface area (Å²) in [4.78, 5) is 50.2. The van der Waals surface area contributed by atoms with Crippen LogP contribution in [0.5, 0.6) is 0 Å². The van der Waals surface area contributed by atoms with Crippen molar-refractivity contribution in [3.05, 3.63) is 97.2 Å². The van der Waals surface area contributed by atoms with Gasteiger partial charge in [0, 0.05) is 7.05 Å². The number of carbonyl (C=O) groups is 2. The van der Waals surface area contributed by atoms with Gasteiger partial charge < -0.3 is 10.5 Å². The number of esters is 1. The number of Topliss-reactive ketones (excluding diaryl/α,β-unsaturated/α-hetero) is 1. The number of carbonyl (C=O) groups excluding carboxylic acids is 2. The van der Waals surface area contributed by atoms with Crippen LogP contribution in [0.1, 0.15) is 37.4 Å². The lowest BCUT2D eigenvalue weighted by Gasteiger charge is -2.15. The van der Waals surface area contributed by atoms with E-state index in [-0.39, 0.29) is 17.9 Å². The van der Waals surface area contributed by atoms with Crippen LogP contribution >= 0.6 is 0 Å². The number of hydrogen-bond acceptors (Lipinski definition) is 6. The van der Waals surface area contributed by atoms with Crippen molar-refractivity contribution in [1.82, 2.24) is 9.13 Å². The molecule has 0 atom stereocenters. The number of ketones is 1. The normalized spacial score (nSPS) is 10.7. The Morgan fingerprint density at radius 2 is 1.71 bits per heavy atom. The maximum absolute atomic E-state index is 12.7. The molecular weight excluding hydrogens is 398 g/mol. The summed E-state index contributed by atoms with van der Waals surface area (Å²) in [6, 6.07) is 14.2. The molecule has 0 amide bonds. The first-order chi connectivity index (χ1) is 14.7. The average molecular weight is 421 g/mol. The molecule has 3 rings (SSSR count). The van der Waals surface area contributed by atoms with E-state index in [0.717, 1.165) is 20.3 Å². The molecule has 8 heteroatoms. The number of nitrogens with zero attached hydrogens (tertiary/aromatic N) is 2. The third-order valence-corrected chi connectivity index (χ3v) is 4.98. The Balaban J connectivity index is 1.89. The number of hydrogen-bond donors (Lipinski definition) is 1. The number of nitrogens with two attached hydrogens (primary N) is 1. The quantitative estimate of drug-likeness (QED) is 0.480. The van der Waals surface area contributed by atoms with Crippen molar-refractivity contribution in [1.29, 1.82) is 0 Å². The van der Waals surface area contributed by atoms with E-state index >= 15 is 0 Å². The Hall–Kier alpha value is -3.94. The maximum Gasteiger partial charge on any atom is 0.338 e. The fourth-order valence-corrected chi connectivity index (χ4v) is 3.29. The molecule has 1 heterocycles. The van der Waals surface area contributed by atoms with Gasteiger partial charge in [0.1, 0.15) is 11.4 Å². The van der Waals surface area contributed by atoms with Crippen LogP contribution in [0, 0.1) is 13.8 Å². The predicted octanol–water partition coefficient (Wildman–Crippen LogP) is 1.83. The minimum atomic E-state index is -0.834. The molecule has 0 fully saturated rings. The van der Waals surface area contributed by atoms with Crippen molar-refractivity contribution in [2.75, 3.05) is 12.3 Å². The average Bonchev–Trinajstić information content (AvgIpc) is 2.74. The van der Waals surface area contributed by atoms with E-state index in [9.17, 15) is 19.2 Å². The highest BCUT2D eigenvalue weighted by Gasteiger charge is 2.23. The summed E-state index contributed by atoms with van der Waals surface area (Å²) in [6.07, 6.45) is 0. The van der Waals surface area contributed by atoms with Gasteiger partial charge in [-0.25, -0.2) is 9.59 Å². The molecule has 0 aliphatic rings. The topological polar surface area (TPSA) is 113 Å². The summed E-state index contributed by atoms with van der Waals surface area (Å²) in [5.41, 5.74) is 6.99. The standard InChI is InChI=1S/C23H23N3O5/c1-14-9-10-17(15(2)11-14)22(29)31-13-18(27)19-20(24)26(23(30)25(3)21(19)28)12-16-7-5-4-6-8-16/h4-11H,12-13,24H2,1-3H3. The highest BCUT2D eigenvalue weighted by atomic mass is 16.5. The first kappa shape index (κ1) is 21.8. The van der Waals surface area contributed by atoms with Gasteiger partial charge in [0.15, 0.2) is 6.61 Å². The van der Waals surface area contributed by atoms with Gasteiger partial charge in [0.05, 0.1) is 12.1 Å². The molecule has 0 radical (unpaired) electrons. The summed E-state index contributed by atoms with van der Waals surface area (Å²) in [5.74, 6) is -1.72. The minimum absolute atomic E-state index is 0.0856. The van der Waals surface area contributed by atoms with E-state index in [1.807, 2.05) is 19.1 Å². The first-order valence-corrected chi connectivity index (χ1v) is 9.61. The van der Waals surface area contributed by atoms with Crippen molar-refractivity contribution < 1.29 is 14.3 Å². The van der Waals surface area contributed by atoms with Crippen molar-refractivity contribution in [3.63, 3.8) is 0 Å². The molecule has 0 aliphatic heterocycles. The van der Waals surface area contributed by atoms with Gasteiger partial charge in [-0.15, -0.1) is 0 Å². The molecule has 0 unspecified atom stereocenters. The van der Waals surface area contributed by atoms with Gasteiger partial charge in [-0.2, -0.15) is 0 Å². The monoisotopic (exact) mass is 421 g/mol. The van der Waals surface area contributed by atoms with Crippen molar-refractivity contribution >= 4 is 17.6 Å². The molecule has 0 spiro atoms. The zero-order valence-electron chi connectivity index (χ0n) is 17.5. The lowest BCUT2D eigenvalue weighted by atomic mass is 10.1. The fraction of sp³-hybridized carbons (Fsp3) is 0.217. The van der Waals surface area contributed by atoms with E-state index in [2.05, 4.69) is 0 Å². The summed E-state index contributed by atoms with van der Waals surface area (Å²) in [6.45, 7) is 3.07. The molecule has 0 saturated carbocycles. The van der Waals surface area contributed by atoms with Gasteiger partial charge in [-0.05, 0) is 31.0 Å². The van der Waals surface area contributed by atoms with Crippen LogP contribution in [0.3, 0.4) is 0 Å². The highest BCUT2D eigenvalue weighted by molar-refractivity contribution is 6.02. The van der Waals surface area contributed by atoms with E-state index in [1.54, 1.807) is 43.3 Å². The van der Waals surface area contributed by atoms with Gasteiger partial charge in [-0.3, -0.25) is 18.7 Å². The van der Waals surface area contributed by atoms with Crippen molar-refractivity contribution in [2.45, 2.75) is 20.4 Å². The van der Waals surface area contributed by atoms with Crippen LogP contribution in [0.15, 0.2) is 58.1 Å². The van der Waals surface area contributed by atoms with Crippen LogP contribution in [0.4, 0.5) is 5.82 Å². The number of ether oxygens (including phenoxy) is 1. The molecule has 0 saturated heterocycles. The van der Waals surface area contributed by atoms with Crippen LogP contribution < -0.4 is 17.0 Å². The Morgan fingerprint density at radius 3 is 2.35 bits per heavy atom. The van der Waals surface area contributed by atoms with E-state index in [1.165, 1.54) is 7.05 Å².